The van der Waals surface area contributed by atoms with Gasteiger partial charge in [0.1, 0.15) is 0 Å². The molecule has 2 rings (SSSR count). The summed E-state index contributed by atoms with van der Waals surface area (Å²) in [6.45, 7) is 4.64. The molecule has 0 spiro atoms. The topological polar surface area (TPSA) is 49.8 Å². The highest BCUT2D eigenvalue weighted by Crippen LogP contribution is 2.27. The lowest BCUT2D eigenvalue weighted by Crippen LogP contribution is -2.32. The Kier molecular flexibility index (Phi) is 5.82. The van der Waals surface area contributed by atoms with Crippen molar-refractivity contribution in [3.05, 3.63) is 34.3 Å². The van der Waals surface area contributed by atoms with Gasteiger partial charge in [-0.25, -0.2) is 4.79 Å². The van der Waals surface area contributed by atoms with Crippen LogP contribution in [0.1, 0.15) is 25.3 Å². The third-order valence-electron chi connectivity index (χ3n) is 3.57. The summed E-state index contributed by atoms with van der Waals surface area (Å²) in [6.07, 6.45) is 5.29. The summed E-state index contributed by atoms with van der Waals surface area (Å²) in [4.78, 5) is 13.0. The van der Waals surface area contributed by atoms with E-state index in [0.717, 1.165) is 48.3 Å². The molecule has 1 unspecified atom stereocenters. The second-order valence-electron chi connectivity index (χ2n) is 5.05. The van der Waals surface area contributed by atoms with Gasteiger partial charge in [0, 0.05) is 35.9 Å². The third kappa shape index (κ3) is 4.58. The van der Waals surface area contributed by atoms with Gasteiger partial charge in [-0.05, 0) is 49.6 Å². The van der Waals surface area contributed by atoms with E-state index in [1.165, 1.54) is 6.08 Å². The molecule has 0 amide bonds. The Morgan fingerprint density at radius 2 is 2.38 bits per heavy atom. The van der Waals surface area contributed by atoms with Crippen LogP contribution in [-0.2, 0) is 9.53 Å². The van der Waals surface area contributed by atoms with Crippen LogP contribution in [0.2, 0.25) is 0 Å². The molecular formula is C16H20BrNO3. The summed E-state index contributed by atoms with van der Waals surface area (Å²) >= 11 is 3.44. The minimum absolute atomic E-state index is 0.268. The van der Waals surface area contributed by atoms with Crippen molar-refractivity contribution in [2.45, 2.75) is 25.9 Å². The van der Waals surface area contributed by atoms with Gasteiger partial charge in [0.05, 0.1) is 6.10 Å². The molecular weight excluding hydrogens is 334 g/mol. The molecule has 1 saturated heterocycles. The number of carboxylic acids is 1. The van der Waals surface area contributed by atoms with Gasteiger partial charge in [0.25, 0.3) is 0 Å². The molecule has 1 aromatic rings. The van der Waals surface area contributed by atoms with Gasteiger partial charge in [0.2, 0.25) is 0 Å². The molecule has 21 heavy (non-hydrogen) atoms. The highest BCUT2D eigenvalue weighted by atomic mass is 79.9. The van der Waals surface area contributed by atoms with E-state index in [1.807, 2.05) is 18.2 Å². The Bertz CT molecular complexity index is 524. The van der Waals surface area contributed by atoms with Crippen molar-refractivity contribution < 1.29 is 14.6 Å². The SMILES string of the molecule is CCN(CC1CCCO1)c1ccc(Br)cc1/C=C/C(=O)O. The maximum absolute atomic E-state index is 10.8. The maximum Gasteiger partial charge on any atom is 0.328 e. The van der Waals surface area contributed by atoms with Gasteiger partial charge in [-0.3, -0.25) is 0 Å². The highest BCUT2D eigenvalue weighted by molar-refractivity contribution is 9.10. The zero-order chi connectivity index (χ0) is 15.2. The van der Waals surface area contributed by atoms with Crippen LogP contribution >= 0.6 is 15.9 Å². The molecule has 0 bridgehead atoms. The Morgan fingerprint density at radius 1 is 1.57 bits per heavy atom. The van der Waals surface area contributed by atoms with Crippen molar-refractivity contribution in [3.63, 3.8) is 0 Å². The summed E-state index contributed by atoms with van der Waals surface area (Å²) in [6, 6.07) is 5.93. The first kappa shape index (κ1) is 16.0. The van der Waals surface area contributed by atoms with E-state index in [1.54, 1.807) is 6.08 Å². The van der Waals surface area contributed by atoms with Crippen LogP contribution in [-0.4, -0.2) is 36.9 Å². The molecule has 1 heterocycles. The fraction of sp³-hybridized carbons (Fsp3) is 0.438. The minimum Gasteiger partial charge on any atom is -0.478 e. The zero-order valence-corrected chi connectivity index (χ0v) is 13.7. The first-order chi connectivity index (χ1) is 10.1. The fourth-order valence-corrected chi connectivity index (χ4v) is 2.92. The molecule has 4 nitrogen and oxygen atoms in total. The maximum atomic E-state index is 10.8. The second-order valence-corrected chi connectivity index (χ2v) is 5.96. The number of carboxylic acid groups (broad SMARTS) is 1. The van der Waals surface area contributed by atoms with E-state index >= 15 is 0 Å². The average molecular weight is 354 g/mol. The van der Waals surface area contributed by atoms with E-state index in [0.29, 0.717) is 0 Å². The summed E-state index contributed by atoms with van der Waals surface area (Å²) in [5.41, 5.74) is 1.93. The smallest absolute Gasteiger partial charge is 0.328 e. The van der Waals surface area contributed by atoms with E-state index in [4.69, 9.17) is 9.84 Å². The van der Waals surface area contributed by atoms with E-state index in [2.05, 4.69) is 27.8 Å². The highest BCUT2D eigenvalue weighted by Gasteiger charge is 2.19. The Balaban J connectivity index is 2.24. The first-order valence-electron chi connectivity index (χ1n) is 7.17. The minimum atomic E-state index is -0.942. The largest absolute Gasteiger partial charge is 0.478 e. The lowest BCUT2D eigenvalue weighted by Gasteiger charge is -2.27. The third-order valence-corrected chi connectivity index (χ3v) is 4.06. The Hall–Kier alpha value is -1.33. The molecule has 0 saturated carbocycles. The molecule has 1 N–H and O–H groups in total. The molecule has 0 aromatic heterocycles. The van der Waals surface area contributed by atoms with Crippen LogP contribution in [0.25, 0.3) is 6.08 Å². The number of likely N-dealkylation sites (N-methyl/N-ethyl adjacent to an activating group) is 1. The Morgan fingerprint density at radius 3 is 3.00 bits per heavy atom. The number of hydrogen-bond donors (Lipinski definition) is 1. The van der Waals surface area contributed by atoms with Crippen LogP contribution in [0.5, 0.6) is 0 Å². The lowest BCUT2D eigenvalue weighted by molar-refractivity contribution is -0.131. The van der Waals surface area contributed by atoms with Crippen LogP contribution in [0, 0.1) is 0 Å². The Labute approximate surface area is 133 Å². The predicted molar refractivity (Wildman–Crippen MR) is 87.7 cm³/mol. The van der Waals surface area contributed by atoms with Crippen LogP contribution in [0.15, 0.2) is 28.7 Å². The molecule has 1 aromatic carbocycles. The molecule has 0 aliphatic carbocycles. The summed E-state index contributed by atoms with van der Waals surface area (Å²) in [5.74, 6) is -0.942. The van der Waals surface area contributed by atoms with Gasteiger partial charge in [-0.15, -0.1) is 0 Å². The summed E-state index contributed by atoms with van der Waals surface area (Å²) < 4.78 is 6.64. The van der Waals surface area contributed by atoms with Gasteiger partial charge in [-0.2, -0.15) is 0 Å². The average Bonchev–Trinajstić information content (AvgIpc) is 2.96. The van der Waals surface area contributed by atoms with Crippen LogP contribution in [0.3, 0.4) is 0 Å². The van der Waals surface area contributed by atoms with Crippen molar-refractivity contribution >= 4 is 33.7 Å². The van der Waals surface area contributed by atoms with Gasteiger partial charge in [-0.1, -0.05) is 15.9 Å². The fourth-order valence-electron chi connectivity index (χ4n) is 2.54. The standard InChI is InChI=1S/C16H20BrNO3/c1-2-18(11-14-4-3-9-21-14)15-7-6-13(17)10-12(15)5-8-16(19)20/h5-8,10,14H,2-4,9,11H2,1H3,(H,19,20)/b8-5+. The van der Waals surface area contributed by atoms with Gasteiger partial charge in [0.15, 0.2) is 0 Å². The number of carbonyl (C=O) groups is 1. The van der Waals surface area contributed by atoms with E-state index < -0.39 is 5.97 Å². The molecule has 1 atom stereocenters. The predicted octanol–water partition coefficient (Wildman–Crippen LogP) is 3.55. The van der Waals surface area contributed by atoms with Crippen molar-refractivity contribution in [2.75, 3.05) is 24.6 Å². The monoisotopic (exact) mass is 353 g/mol. The van der Waals surface area contributed by atoms with Crippen LogP contribution < -0.4 is 4.90 Å². The van der Waals surface area contributed by atoms with Crippen molar-refractivity contribution in [1.82, 2.24) is 0 Å². The molecule has 0 radical (unpaired) electrons. The number of benzene rings is 1. The summed E-state index contributed by atoms with van der Waals surface area (Å²) in [7, 11) is 0. The van der Waals surface area contributed by atoms with E-state index in [9.17, 15) is 4.79 Å². The van der Waals surface area contributed by atoms with Crippen molar-refractivity contribution in [2.24, 2.45) is 0 Å². The quantitative estimate of drug-likeness (QED) is 0.794. The summed E-state index contributed by atoms with van der Waals surface area (Å²) in [5, 5.41) is 8.83. The van der Waals surface area contributed by atoms with E-state index in [-0.39, 0.29) is 6.10 Å². The van der Waals surface area contributed by atoms with Gasteiger partial charge < -0.3 is 14.7 Å². The number of aliphatic carboxylic acids is 1. The molecule has 1 fully saturated rings. The second kappa shape index (κ2) is 7.61. The zero-order valence-electron chi connectivity index (χ0n) is 12.1. The number of anilines is 1. The number of halogens is 1. The van der Waals surface area contributed by atoms with Gasteiger partial charge >= 0.3 is 5.97 Å². The number of nitrogens with zero attached hydrogens (tertiary/aromatic N) is 1. The number of hydrogen-bond acceptors (Lipinski definition) is 3. The van der Waals surface area contributed by atoms with Crippen LogP contribution in [0.4, 0.5) is 5.69 Å². The molecule has 5 heteroatoms. The molecule has 1 aliphatic rings. The molecule has 114 valence electrons. The molecule has 1 aliphatic heterocycles. The van der Waals surface area contributed by atoms with Crippen molar-refractivity contribution in [3.8, 4) is 0 Å². The normalized spacial score (nSPS) is 18.3. The lowest BCUT2D eigenvalue weighted by atomic mass is 10.1. The number of ether oxygens (including phenoxy) is 1. The first-order valence-corrected chi connectivity index (χ1v) is 7.96. The number of rotatable bonds is 6. The van der Waals surface area contributed by atoms with Crippen molar-refractivity contribution in [1.29, 1.82) is 0 Å².